The van der Waals surface area contributed by atoms with E-state index in [1.165, 1.54) is 6.07 Å². The lowest BCUT2D eigenvalue weighted by atomic mass is 9.91. The van der Waals surface area contributed by atoms with Crippen LogP contribution in [0.4, 0.5) is 8.78 Å². The fourth-order valence-corrected chi connectivity index (χ4v) is 1.98. The molecule has 0 saturated heterocycles. The molecule has 2 aromatic rings. The van der Waals surface area contributed by atoms with E-state index in [0.717, 1.165) is 12.5 Å². The number of benzene rings is 1. The van der Waals surface area contributed by atoms with Crippen molar-refractivity contribution in [1.82, 2.24) is 4.98 Å². The Labute approximate surface area is 119 Å². The van der Waals surface area contributed by atoms with Crippen molar-refractivity contribution in [2.45, 2.75) is 40.0 Å². The smallest absolute Gasteiger partial charge is 0.135 e. The summed E-state index contributed by atoms with van der Waals surface area (Å²) >= 11 is 0. The Morgan fingerprint density at radius 2 is 1.85 bits per heavy atom. The van der Waals surface area contributed by atoms with Gasteiger partial charge in [0.2, 0.25) is 0 Å². The molecule has 1 aromatic heterocycles. The number of rotatable bonds is 3. The summed E-state index contributed by atoms with van der Waals surface area (Å²) in [5.74, 6) is -1.00. The Morgan fingerprint density at radius 3 is 2.40 bits per heavy atom. The predicted octanol–water partition coefficient (Wildman–Crippen LogP) is 5.57. The van der Waals surface area contributed by atoms with E-state index in [1.54, 1.807) is 24.4 Å². The maximum absolute atomic E-state index is 14.0. The molecule has 20 heavy (non-hydrogen) atoms. The van der Waals surface area contributed by atoms with Crippen molar-refractivity contribution in [1.29, 1.82) is 0 Å². The molecule has 1 heterocycles. The van der Waals surface area contributed by atoms with E-state index in [1.807, 2.05) is 27.7 Å². The first kappa shape index (κ1) is 16.3. The molecule has 0 radical (unpaired) electrons. The minimum absolute atomic E-state index is 0.0900. The van der Waals surface area contributed by atoms with Crippen molar-refractivity contribution in [2.24, 2.45) is 0 Å². The van der Waals surface area contributed by atoms with Crippen LogP contribution in [0.5, 0.6) is 0 Å². The average molecular weight is 277 g/mol. The first-order valence-electron chi connectivity index (χ1n) is 7.03. The summed E-state index contributed by atoms with van der Waals surface area (Å²) in [6.07, 6.45) is 2.43. The number of nitrogens with zero attached hydrogens (tertiary/aromatic N) is 1. The molecule has 1 nitrogen and oxygen atoms in total. The van der Waals surface area contributed by atoms with Gasteiger partial charge in [0.05, 0.1) is 5.69 Å². The van der Waals surface area contributed by atoms with Crippen LogP contribution >= 0.6 is 0 Å². The zero-order chi connectivity index (χ0) is 15.1. The van der Waals surface area contributed by atoms with Crippen molar-refractivity contribution in [2.75, 3.05) is 0 Å². The van der Waals surface area contributed by atoms with Gasteiger partial charge in [-0.3, -0.25) is 4.98 Å². The second-order valence-corrected chi connectivity index (χ2v) is 4.38. The average Bonchev–Trinajstić information content (AvgIpc) is 2.48. The van der Waals surface area contributed by atoms with E-state index < -0.39 is 11.6 Å². The van der Waals surface area contributed by atoms with Crippen LogP contribution in [0.25, 0.3) is 11.3 Å². The molecule has 0 spiro atoms. The van der Waals surface area contributed by atoms with Crippen LogP contribution in [0.15, 0.2) is 36.5 Å². The molecule has 3 heteroatoms. The van der Waals surface area contributed by atoms with Gasteiger partial charge in [-0.05, 0) is 36.1 Å². The summed E-state index contributed by atoms with van der Waals surface area (Å²) in [4.78, 5) is 4.15. The molecule has 0 N–H and O–H groups in total. The quantitative estimate of drug-likeness (QED) is 0.715. The monoisotopic (exact) mass is 277 g/mol. The van der Waals surface area contributed by atoms with Gasteiger partial charge < -0.3 is 0 Å². The fraction of sp³-hybridized carbons (Fsp3) is 0.353. The molecule has 2 rings (SSSR count). The SMILES string of the molecule is CC.CCC(C)c1cc(F)cc(F)c1-c1ccccn1. The lowest BCUT2D eigenvalue weighted by Crippen LogP contribution is -2.01. The van der Waals surface area contributed by atoms with E-state index in [9.17, 15) is 8.78 Å². The predicted molar refractivity (Wildman–Crippen MR) is 79.6 cm³/mol. The van der Waals surface area contributed by atoms with Crippen LogP contribution in [-0.4, -0.2) is 4.98 Å². The lowest BCUT2D eigenvalue weighted by molar-refractivity contribution is 0.576. The van der Waals surface area contributed by atoms with E-state index >= 15 is 0 Å². The van der Waals surface area contributed by atoms with Crippen molar-refractivity contribution in [3.8, 4) is 11.3 Å². The summed E-state index contributed by atoms with van der Waals surface area (Å²) in [5.41, 5.74) is 1.63. The second kappa shape index (κ2) is 7.73. The maximum Gasteiger partial charge on any atom is 0.135 e. The van der Waals surface area contributed by atoms with Crippen LogP contribution in [0.2, 0.25) is 0 Å². The highest BCUT2D eigenvalue weighted by atomic mass is 19.1. The highest BCUT2D eigenvalue weighted by Gasteiger charge is 2.17. The fourth-order valence-electron chi connectivity index (χ4n) is 1.98. The number of aromatic nitrogens is 1. The molecule has 0 aliphatic heterocycles. The second-order valence-electron chi connectivity index (χ2n) is 4.38. The third kappa shape index (κ3) is 3.62. The molecule has 1 unspecified atom stereocenters. The van der Waals surface area contributed by atoms with Gasteiger partial charge in [-0.2, -0.15) is 0 Å². The van der Waals surface area contributed by atoms with Gasteiger partial charge in [0, 0.05) is 17.8 Å². The molecule has 1 atom stereocenters. The van der Waals surface area contributed by atoms with Crippen LogP contribution in [0.3, 0.4) is 0 Å². The topological polar surface area (TPSA) is 12.9 Å². The highest BCUT2D eigenvalue weighted by molar-refractivity contribution is 5.65. The van der Waals surface area contributed by atoms with Crippen molar-refractivity contribution < 1.29 is 8.78 Å². The number of hydrogen-bond donors (Lipinski definition) is 0. The largest absolute Gasteiger partial charge is 0.256 e. The summed E-state index contributed by atoms with van der Waals surface area (Å²) < 4.78 is 27.4. The number of hydrogen-bond acceptors (Lipinski definition) is 1. The van der Waals surface area contributed by atoms with E-state index in [0.29, 0.717) is 16.8 Å². The molecule has 0 aliphatic rings. The van der Waals surface area contributed by atoms with Gasteiger partial charge in [0.1, 0.15) is 11.6 Å². The Balaban J connectivity index is 0.000000956. The maximum atomic E-state index is 14.0. The lowest BCUT2D eigenvalue weighted by Gasteiger charge is -2.15. The van der Waals surface area contributed by atoms with Gasteiger partial charge in [-0.15, -0.1) is 0 Å². The number of pyridine rings is 1. The normalized spacial score (nSPS) is 11.5. The Kier molecular flexibility index (Phi) is 6.29. The van der Waals surface area contributed by atoms with E-state index in [-0.39, 0.29) is 5.92 Å². The molecule has 1 aromatic carbocycles. The first-order valence-corrected chi connectivity index (χ1v) is 7.03. The molecular weight excluding hydrogens is 256 g/mol. The highest BCUT2D eigenvalue weighted by Crippen LogP contribution is 2.32. The third-order valence-corrected chi connectivity index (χ3v) is 3.15. The number of halogens is 2. The molecule has 0 amide bonds. The van der Waals surface area contributed by atoms with Crippen LogP contribution in [0, 0.1) is 11.6 Å². The van der Waals surface area contributed by atoms with Crippen LogP contribution in [0.1, 0.15) is 45.6 Å². The Hall–Kier alpha value is -1.77. The molecule has 108 valence electrons. The zero-order valence-corrected chi connectivity index (χ0v) is 12.5. The zero-order valence-electron chi connectivity index (χ0n) is 12.5. The third-order valence-electron chi connectivity index (χ3n) is 3.15. The van der Waals surface area contributed by atoms with Crippen molar-refractivity contribution in [3.05, 3.63) is 53.7 Å². The van der Waals surface area contributed by atoms with Crippen LogP contribution < -0.4 is 0 Å². The van der Waals surface area contributed by atoms with Gasteiger partial charge in [0.15, 0.2) is 0 Å². The summed E-state index contributed by atoms with van der Waals surface area (Å²) in [6.45, 7) is 7.95. The Morgan fingerprint density at radius 1 is 1.15 bits per heavy atom. The van der Waals surface area contributed by atoms with Gasteiger partial charge in [0.25, 0.3) is 0 Å². The van der Waals surface area contributed by atoms with Gasteiger partial charge >= 0.3 is 0 Å². The Bertz CT molecular complexity index is 538. The molecule has 0 saturated carbocycles. The minimum Gasteiger partial charge on any atom is -0.256 e. The van der Waals surface area contributed by atoms with Gasteiger partial charge in [-0.25, -0.2) is 8.78 Å². The first-order chi connectivity index (χ1) is 9.63. The summed E-state index contributed by atoms with van der Waals surface area (Å²) in [7, 11) is 0. The van der Waals surface area contributed by atoms with Gasteiger partial charge in [-0.1, -0.05) is 33.8 Å². The molecule has 0 fully saturated rings. The summed E-state index contributed by atoms with van der Waals surface area (Å²) in [5, 5.41) is 0. The van der Waals surface area contributed by atoms with Crippen LogP contribution in [-0.2, 0) is 0 Å². The van der Waals surface area contributed by atoms with E-state index in [4.69, 9.17) is 0 Å². The van der Waals surface area contributed by atoms with E-state index in [2.05, 4.69) is 4.98 Å². The summed E-state index contributed by atoms with van der Waals surface area (Å²) in [6, 6.07) is 7.62. The molecular formula is C17H21F2N. The standard InChI is InChI=1S/C15H15F2N.C2H6/c1-3-10(2)12-8-11(16)9-13(17)15(12)14-6-4-5-7-18-14;1-2/h4-10H,3H2,1-2H3;1-2H3. The molecule has 0 bridgehead atoms. The van der Waals surface area contributed by atoms with Crippen molar-refractivity contribution >= 4 is 0 Å². The minimum atomic E-state index is -0.552. The molecule has 0 aliphatic carbocycles. The van der Waals surface area contributed by atoms with Crippen molar-refractivity contribution in [3.63, 3.8) is 0 Å².